The minimum Gasteiger partial charge on any atom is -0.481 e. The van der Waals surface area contributed by atoms with E-state index >= 15 is 0 Å². The van der Waals surface area contributed by atoms with E-state index in [0.29, 0.717) is 45.1 Å². The Labute approximate surface area is 114 Å². The first-order valence-electron chi connectivity index (χ1n) is 7.10. The van der Waals surface area contributed by atoms with Crippen molar-refractivity contribution in [1.29, 1.82) is 0 Å². The third-order valence-corrected chi connectivity index (χ3v) is 4.77. The van der Waals surface area contributed by atoms with Crippen LogP contribution in [0.5, 0.6) is 0 Å². The minimum absolute atomic E-state index is 0.0273. The van der Waals surface area contributed by atoms with Crippen LogP contribution < -0.4 is 0 Å². The Morgan fingerprint density at radius 3 is 1.79 bits per heavy atom. The molecule has 0 radical (unpaired) electrons. The largest absolute Gasteiger partial charge is 0.481 e. The zero-order valence-corrected chi connectivity index (χ0v) is 12.1. The number of ether oxygens (including phenoxy) is 1. The molecule has 19 heavy (non-hydrogen) atoms. The standard InChI is InChI=1S/C15H24O4/c1-13(2,3)10-19-12(18)15-7-4-14(5-8-15,6-9-15)11(16)17/h4-10H2,1-3H3,(H,16,17). The van der Waals surface area contributed by atoms with Gasteiger partial charge in [0.2, 0.25) is 0 Å². The molecule has 3 aliphatic carbocycles. The van der Waals surface area contributed by atoms with Gasteiger partial charge in [0.1, 0.15) is 0 Å². The topological polar surface area (TPSA) is 63.6 Å². The van der Waals surface area contributed by atoms with E-state index in [9.17, 15) is 14.7 Å². The second-order valence-electron chi connectivity index (χ2n) is 7.50. The molecule has 3 fully saturated rings. The van der Waals surface area contributed by atoms with Gasteiger partial charge in [0, 0.05) is 0 Å². The molecule has 3 aliphatic rings. The number of hydrogen-bond acceptors (Lipinski definition) is 3. The maximum Gasteiger partial charge on any atom is 0.312 e. The molecule has 0 saturated heterocycles. The number of carboxylic acid groups (broad SMARTS) is 1. The molecule has 2 bridgehead atoms. The van der Waals surface area contributed by atoms with E-state index in [2.05, 4.69) is 0 Å². The van der Waals surface area contributed by atoms with Crippen molar-refractivity contribution in [3.63, 3.8) is 0 Å². The lowest BCUT2D eigenvalue weighted by Gasteiger charge is -2.49. The number of carbonyl (C=O) groups is 2. The molecular formula is C15H24O4. The smallest absolute Gasteiger partial charge is 0.312 e. The molecular weight excluding hydrogens is 244 g/mol. The quantitative estimate of drug-likeness (QED) is 0.799. The first kappa shape index (κ1) is 14.4. The molecule has 0 atom stereocenters. The summed E-state index contributed by atoms with van der Waals surface area (Å²) in [5, 5.41) is 9.33. The van der Waals surface area contributed by atoms with E-state index in [4.69, 9.17) is 4.74 Å². The zero-order valence-electron chi connectivity index (χ0n) is 12.1. The van der Waals surface area contributed by atoms with Gasteiger partial charge in [0.15, 0.2) is 0 Å². The number of aliphatic carboxylic acids is 1. The van der Waals surface area contributed by atoms with Gasteiger partial charge in [-0.3, -0.25) is 9.59 Å². The highest BCUT2D eigenvalue weighted by Crippen LogP contribution is 2.57. The van der Waals surface area contributed by atoms with E-state index in [1.165, 1.54) is 0 Å². The molecule has 4 nitrogen and oxygen atoms in total. The van der Waals surface area contributed by atoms with Gasteiger partial charge in [-0.1, -0.05) is 20.8 Å². The van der Waals surface area contributed by atoms with Crippen LogP contribution in [0.15, 0.2) is 0 Å². The van der Waals surface area contributed by atoms with Crippen molar-refractivity contribution >= 4 is 11.9 Å². The third-order valence-electron chi connectivity index (χ3n) is 4.77. The summed E-state index contributed by atoms with van der Waals surface area (Å²) in [6.45, 7) is 6.54. The Hall–Kier alpha value is -1.06. The van der Waals surface area contributed by atoms with Crippen molar-refractivity contribution in [1.82, 2.24) is 0 Å². The maximum absolute atomic E-state index is 12.3. The fourth-order valence-electron chi connectivity index (χ4n) is 3.25. The number of fused-ring (bicyclic) bond motifs is 3. The van der Waals surface area contributed by atoms with Crippen molar-refractivity contribution in [3.8, 4) is 0 Å². The van der Waals surface area contributed by atoms with Crippen molar-refractivity contribution < 1.29 is 19.4 Å². The Kier molecular flexibility index (Phi) is 3.40. The molecule has 0 aromatic heterocycles. The lowest BCUT2D eigenvalue weighted by atomic mass is 9.54. The molecule has 0 unspecified atom stereocenters. The molecule has 0 heterocycles. The normalized spacial score (nSPS) is 34.1. The van der Waals surface area contributed by atoms with Gasteiger partial charge in [0.25, 0.3) is 0 Å². The first-order valence-corrected chi connectivity index (χ1v) is 7.10. The van der Waals surface area contributed by atoms with Crippen molar-refractivity contribution in [2.75, 3.05) is 6.61 Å². The summed E-state index contributed by atoms with van der Waals surface area (Å²) in [6.07, 6.45) is 3.86. The highest BCUT2D eigenvalue weighted by molar-refractivity contribution is 5.80. The first-order chi connectivity index (χ1) is 8.69. The van der Waals surface area contributed by atoms with E-state index in [-0.39, 0.29) is 11.4 Å². The summed E-state index contributed by atoms with van der Waals surface area (Å²) >= 11 is 0. The SMILES string of the molecule is CC(C)(C)COC(=O)C12CCC(C(=O)O)(CC1)CC2. The van der Waals surface area contributed by atoms with Crippen molar-refractivity contribution in [3.05, 3.63) is 0 Å². The average Bonchev–Trinajstić information content (AvgIpc) is 2.37. The van der Waals surface area contributed by atoms with Crippen LogP contribution in [0.4, 0.5) is 0 Å². The summed E-state index contributed by atoms with van der Waals surface area (Å²) in [5.41, 5.74) is -0.991. The summed E-state index contributed by atoms with van der Waals surface area (Å²) in [5.74, 6) is -0.801. The van der Waals surface area contributed by atoms with Gasteiger partial charge >= 0.3 is 11.9 Å². The molecule has 0 aliphatic heterocycles. The van der Waals surface area contributed by atoms with E-state index in [1.807, 2.05) is 20.8 Å². The van der Waals surface area contributed by atoms with Gasteiger partial charge in [-0.2, -0.15) is 0 Å². The average molecular weight is 268 g/mol. The number of esters is 1. The predicted molar refractivity (Wildman–Crippen MR) is 70.6 cm³/mol. The van der Waals surface area contributed by atoms with E-state index in [0.717, 1.165) is 0 Å². The second-order valence-corrected chi connectivity index (χ2v) is 7.50. The second kappa shape index (κ2) is 4.50. The fraction of sp³-hybridized carbons (Fsp3) is 0.867. The van der Waals surface area contributed by atoms with Crippen LogP contribution in [-0.2, 0) is 14.3 Å². The lowest BCUT2D eigenvalue weighted by molar-refractivity contribution is -0.176. The van der Waals surface area contributed by atoms with Gasteiger partial charge in [-0.25, -0.2) is 0 Å². The lowest BCUT2D eigenvalue weighted by Crippen LogP contribution is -2.50. The maximum atomic E-state index is 12.3. The molecule has 0 aromatic rings. The number of rotatable bonds is 3. The fourth-order valence-corrected chi connectivity index (χ4v) is 3.25. The monoisotopic (exact) mass is 268 g/mol. The summed E-state index contributed by atoms with van der Waals surface area (Å²) < 4.78 is 5.47. The van der Waals surface area contributed by atoms with E-state index in [1.54, 1.807) is 0 Å². The molecule has 1 N–H and O–H groups in total. The highest BCUT2D eigenvalue weighted by Gasteiger charge is 2.56. The van der Waals surface area contributed by atoms with E-state index < -0.39 is 16.8 Å². The zero-order chi connectivity index (χ0) is 14.3. The summed E-state index contributed by atoms with van der Waals surface area (Å²) in [7, 11) is 0. The Morgan fingerprint density at radius 2 is 1.42 bits per heavy atom. The van der Waals surface area contributed by atoms with Crippen LogP contribution in [0.25, 0.3) is 0 Å². The van der Waals surface area contributed by atoms with Crippen LogP contribution in [0.1, 0.15) is 59.3 Å². The summed E-state index contributed by atoms with van der Waals surface area (Å²) in [6, 6.07) is 0. The molecule has 4 heteroatoms. The van der Waals surface area contributed by atoms with Crippen LogP contribution in [-0.4, -0.2) is 23.7 Å². The Balaban J connectivity index is 2.00. The van der Waals surface area contributed by atoms with Crippen LogP contribution >= 0.6 is 0 Å². The van der Waals surface area contributed by atoms with Crippen LogP contribution in [0.3, 0.4) is 0 Å². The van der Waals surface area contributed by atoms with Gasteiger partial charge in [0.05, 0.1) is 17.4 Å². The molecule has 0 aromatic carbocycles. The van der Waals surface area contributed by atoms with Gasteiger partial charge in [-0.05, 0) is 43.9 Å². The number of carbonyl (C=O) groups excluding carboxylic acids is 1. The molecule has 3 rings (SSSR count). The molecule has 108 valence electrons. The summed E-state index contributed by atoms with van der Waals surface area (Å²) in [4.78, 5) is 23.7. The van der Waals surface area contributed by atoms with Crippen LogP contribution in [0.2, 0.25) is 0 Å². The van der Waals surface area contributed by atoms with Gasteiger partial charge < -0.3 is 9.84 Å². The Bertz CT molecular complexity index is 367. The molecule has 0 amide bonds. The Morgan fingerprint density at radius 1 is 1.00 bits per heavy atom. The van der Waals surface area contributed by atoms with Crippen molar-refractivity contribution in [2.24, 2.45) is 16.2 Å². The minimum atomic E-state index is -0.691. The highest BCUT2D eigenvalue weighted by atomic mass is 16.5. The van der Waals surface area contributed by atoms with Crippen LogP contribution in [0, 0.1) is 16.2 Å². The number of hydrogen-bond donors (Lipinski definition) is 1. The van der Waals surface area contributed by atoms with Crippen molar-refractivity contribution in [2.45, 2.75) is 59.3 Å². The molecule has 0 spiro atoms. The van der Waals surface area contributed by atoms with Gasteiger partial charge in [-0.15, -0.1) is 0 Å². The predicted octanol–water partition coefficient (Wildman–Crippen LogP) is 3.00. The third kappa shape index (κ3) is 2.63. The number of carboxylic acids is 1. The molecule has 3 saturated carbocycles.